The first-order valence-electron chi connectivity index (χ1n) is 5.52. The van der Waals surface area contributed by atoms with Crippen LogP contribution in [0.15, 0.2) is 22.7 Å². The average Bonchev–Trinajstić information content (AvgIpc) is 2.46. The van der Waals surface area contributed by atoms with E-state index in [1.165, 1.54) is 28.4 Å². The fourth-order valence-electron chi connectivity index (χ4n) is 2.25. The third-order valence-corrected chi connectivity index (χ3v) is 3.29. The van der Waals surface area contributed by atoms with E-state index in [2.05, 4.69) is 60.2 Å². The van der Waals surface area contributed by atoms with E-state index in [0.717, 1.165) is 0 Å². The molecular weight excluding hydrogens is 250 g/mol. The van der Waals surface area contributed by atoms with Gasteiger partial charge in [0.2, 0.25) is 0 Å². The molecule has 0 bridgehead atoms. The molecule has 0 saturated carbocycles. The summed E-state index contributed by atoms with van der Waals surface area (Å²) in [5.74, 6) is 0. The first-order chi connectivity index (χ1) is 6.96. The Hall–Kier alpha value is -0.340. The van der Waals surface area contributed by atoms with E-state index in [9.17, 15) is 0 Å². The van der Waals surface area contributed by atoms with Crippen LogP contribution in [0.2, 0.25) is 0 Å². The quantitative estimate of drug-likeness (QED) is 0.816. The average molecular weight is 268 g/mol. The number of aryl methyl sites for hydroxylation is 1. The van der Waals surface area contributed by atoms with Crippen LogP contribution in [0, 0.1) is 0 Å². The van der Waals surface area contributed by atoms with Crippen LogP contribution in [0.1, 0.15) is 44.4 Å². The van der Waals surface area contributed by atoms with Gasteiger partial charge in [0.15, 0.2) is 0 Å². The monoisotopic (exact) mass is 267 g/mol. The predicted octanol–water partition coefficient (Wildman–Crippen LogP) is 3.82. The van der Waals surface area contributed by atoms with Gasteiger partial charge in [-0.05, 0) is 56.9 Å². The molecule has 15 heavy (non-hydrogen) atoms. The van der Waals surface area contributed by atoms with Crippen molar-refractivity contribution in [2.75, 3.05) is 0 Å². The molecule has 1 N–H and O–H groups in total. The Bertz CT molecular complexity index is 365. The van der Waals surface area contributed by atoms with Crippen LogP contribution in [0.4, 0.5) is 0 Å². The normalized spacial score (nSPS) is 20.4. The van der Waals surface area contributed by atoms with Crippen LogP contribution in [-0.2, 0) is 6.42 Å². The van der Waals surface area contributed by atoms with Gasteiger partial charge in [-0.25, -0.2) is 0 Å². The number of halogens is 1. The maximum absolute atomic E-state index is 3.68. The number of rotatable bonds is 1. The van der Waals surface area contributed by atoms with Gasteiger partial charge in [0.05, 0.1) is 0 Å². The Kier molecular flexibility index (Phi) is 2.91. The van der Waals surface area contributed by atoms with Crippen molar-refractivity contribution in [2.45, 2.75) is 45.2 Å². The summed E-state index contributed by atoms with van der Waals surface area (Å²) >= 11 is 3.54. The molecule has 0 radical (unpaired) electrons. The number of hydrogen-bond acceptors (Lipinski definition) is 1. The maximum Gasteiger partial charge on any atom is 0.0331 e. The first kappa shape index (κ1) is 11.2. The standard InChI is InChI=1S/C13H18BrN/c1-13(2,3)15-12-7-5-9-4-6-10(14)8-11(9)12/h4,6,8,12,15H,5,7H2,1-3H3. The highest BCUT2D eigenvalue weighted by Crippen LogP contribution is 2.34. The molecule has 0 fully saturated rings. The summed E-state index contributed by atoms with van der Waals surface area (Å²) in [5, 5.41) is 3.68. The molecule has 0 spiro atoms. The van der Waals surface area contributed by atoms with E-state index >= 15 is 0 Å². The van der Waals surface area contributed by atoms with Crippen LogP contribution in [0.25, 0.3) is 0 Å². The highest BCUT2D eigenvalue weighted by molar-refractivity contribution is 9.10. The van der Waals surface area contributed by atoms with Crippen LogP contribution in [0.3, 0.4) is 0 Å². The van der Waals surface area contributed by atoms with Gasteiger partial charge in [0, 0.05) is 16.1 Å². The third-order valence-electron chi connectivity index (χ3n) is 2.79. The molecule has 1 atom stereocenters. The van der Waals surface area contributed by atoms with Crippen LogP contribution in [0.5, 0.6) is 0 Å². The lowest BCUT2D eigenvalue weighted by molar-refractivity contribution is 0.362. The van der Waals surface area contributed by atoms with Crippen molar-refractivity contribution in [1.29, 1.82) is 0 Å². The number of fused-ring (bicyclic) bond motifs is 1. The summed E-state index contributed by atoms with van der Waals surface area (Å²) < 4.78 is 1.18. The molecule has 82 valence electrons. The first-order valence-corrected chi connectivity index (χ1v) is 6.31. The number of hydrogen-bond donors (Lipinski definition) is 1. The molecule has 0 amide bonds. The Morgan fingerprint density at radius 1 is 1.33 bits per heavy atom. The molecule has 0 saturated heterocycles. The lowest BCUT2D eigenvalue weighted by atomic mass is 10.0. The number of nitrogens with one attached hydrogen (secondary N) is 1. The van der Waals surface area contributed by atoms with Gasteiger partial charge < -0.3 is 5.32 Å². The molecule has 1 aliphatic rings. The van der Waals surface area contributed by atoms with E-state index in [0.29, 0.717) is 6.04 Å². The molecule has 0 aromatic heterocycles. The van der Waals surface area contributed by atoms with Crippen molar-refractivity contribution >= 4 is 15.9 Å². The second kappa shape index (κ2) is 3.91. The molecule has 1 unspecified atom stereocenters. The lowest BCUT2D eigenvalue weighted by Gasteiger charge is -2.26. The summed E-state index contributed by atoms with van der Waals surface area (Å²) in [7, 11) is 0. The molecule has 1 aliphatic carbocycles. The third kappa shape index (κ3) is 2.61. The van der Waals surface area contributed by atoms with Gasteiger partial charge in [-0.2, -0.15) is 0 Å². The summed E-state index contributed by atoms with van der Waals surface area (Å²) in [6, 6.07) is 7.16. The van der Waals surface area contributed by atoms with Gasteiger partial charge in [-0.3, -0.25) is 0 Å². The summed E-state index contributed by atoms with van der Waals surface area (Å²) in [6.07, 6.45) is 2.43. The fourth-order valence-corrected chi connectivity index (χ4v) is 2.62. The summed E-state index contributed by atoms with van der Waals surface area (Å²) in [5.41, 5.74) is 3.16. The SMILES string of the molecule is CC(C)(C)NC1CCc2ccc(Br)cc21. The van der Waals surface area contributed by atoms with Crippen molar-refractivity contribution in [1.82, 2.24) is 5.32 Å². The zero-order chi connectivity index (χ0) is 11.1. The fraction of sp³-hybridized carbons (Fsp3) is 0.538. The van der Waals surface area contributed by atoms with Gasteiger partial charge in [-0.1, -0.05) is 22.0 Å². The molecular formula is C13H18BrN. The van der Waals surface area contributed by atoms with Crippen molar-refractivity contribution in [3.05, 3.63) is 33.8 Å². The van der Waals surface area contributed by atoms with Gasteiger partial charge >= 0.3 is 0 Å². The molecule has 2 rings (SSSR count). The Morgan fingerprint density at radius 2 is 2.07 bits per heavy atom. The predicted molar refractivity (Wildman–Crippen MR) is 68.1 cm³/mol. The zero-order valence-corrected chi connectivity index (χ0v) is 11.2. The molecule has 1 aromatic rings. The van der Waals surface area contributed by atoms with Crippen LogP contribution >= 0.6 is 15.9 Å². The molecule has 2 heteroatoms. The van der Waals surface area contributed by atoms with E-state index in [-0.39, 0.29) is 5.54 Å². The Labute approximate surface area is 100 Å². The lowest BCUT2D eigenvalue weighted by Crippen LogP contribution is -2.38. The molecule has 0 heterocycles. The van der Waals surface area contributed by atoms with E-state index in [4.69, 9.17) is 0 Å². The smallest absolute Gasteiger partial charge is 0.0331 e. The minimum atomic E-state index is 0.189. The largest absolute Gasteiger partial charge is 0.305 e. The number of benzene rings is 1. The second-order valence-corrected chi connectivity index (χ2v) is 6.24. The van der Waals surface area contributed by atoms with Crippen molar-refractivity contribution in [3.63, 3.8) is 0 Å². The summed E-state index contributed by atoms with van der Waals surface area (Å²) in [4.78, 5) is 0. The van der Waals surface area contributed by atoms with Crippen molar-refractivity contribution in [3.8, 4) is 0 Å². The summed E-state index contributed by atoms with van der Waals surface area (Å²) in [6.45, 7) is 6.68. The zero-order valence-electron chi connectivity index (χ0n) is 9.60. The Balaban J connectivity index is 2.24. The maximum atomic E-state index is 3.68. The van der Waals surface area contributed by atoms with Crippen molar-refractivity contribution in [2.24, 2.45) is 0 Å². The van der Waals surface area contributed by atoms with E-state index < -0.39 is 0 Å². The topological polar surface area (TPSA) is 12.0 Å². The van der Waals surface area contributed by atoms with Gasteiger partial charge in [0.25, 0.3) is 0 Å². The van der Waals surface area contributed by atoms with Crippen LogP contribution in [-0.4, -0.2) is 5.54 Å². The van der Waals surface area contributed by atoms with Gasteiger partial charge in [-0.15, -0.1) is 0 Å². The second-order valence-electron chi connectivity index (χ2n) is 5.33. The Morgan fingerprint density at radius 3 is 2.73 bits per heavy atom. The van der Waals surface area contributed by atoms with Crippen LogP contribution < -0.4 is 5.32 Å². The highest BCUT2D eigenvalue weighted by atomic mass is 79.9. The minimum Gasteiger partial charge on any atom is -0.305 e. The molecule has 1 nitrogen and oxygen atoms in total. The van der Waals surface area contributed by atoms with E-state index in [1.54, 1.807) is 0 Å². The molecule has 0 aliphatic heterocycles. The van der Waals surface area contributed by atoms with Gasteiger partial charge in [0.1, 0.15) is 0 Å². The molecule has 1 aromatic carbocycles. The van der Waals surface area contributed by atoms with E-state index in [1.807, 2.05) is 0 Å². The van der Waals surface area contributed by atoms with Crippen molar-refractivity contribution < 1.29 is 0 Å². The minimum absolute atomic E-state index is 0.189. The highest BCUT2D eigenvalue weighted by Gasteiger charge is 2.25.